The zero-order valence-electron chi connectivity index (χ0n) is 12.7. The van der Waals surface area contributed by atoms with Gasteiger partial charge >= 0.3 is 5.97 Å². The molecule has 0 aromatic carbocycles. The Morgan fingerprint density at radius 3 is 2.65 bits per heavy atom. The smallest absolute Gasteiger partial charge is 0.327 e. The Morgan fingerprint density at radius 2 is 2.04 bits per heavy atom. The molecule has 3 heterocycles. The van der Waals surface area contributed by atoms with Crippen LogP contribution >= 0.6 is 11.8 Å². The lowest BCUT2D eigenvalue weighted by molar-refractivity contribution is -0.161. The summed E-state index contributed by atoms with van der Waals surface area (Å²) in [6.07, 6.45) is 3.37. The van der Waals surface area contributed by atoms with Gasteiger partial charge in [-0.25, -0.2) is 4.79 Å². The first kappa shape index (κ1) is 15.8. The molecule has 8 heteroatoms. The van der Waals surface area contributed by atoms with Crippen molar-refractivity contribution in [3.8, 4) is 0 Å². The maximum Gasteiger partial charge on any atom is 0.327 e. The molecule has 2 N–H and O–H groups in total. The number of β-lactam (4-membered cyclic amide) rings is 1. The summed E-state index contributed by atoms with van der Waals surface area (Å²) in [6.45, 7) is 3.61. The summed E-state index contributed by atoms with van der Waals surface area (Å²) in [7, 11) is 0. The third-order valence-corrected chi connectivity index (χ3v) is 5.68. The van der Waals surface area contributed by atoms with Crippen LogP contribution in [0.4, 0.5) is 0 Å². The summed E-state index contributed by atoms with van der Waals surface area (Å²) in [5.74, 6) is -1.60. The lowest BCUT2D eigenvalue weighted by Crippen LogP contribution is -2.70. The number of amides is 2. The highest BCUT2D eigenvalue weighted by Crippen LogP contribution is 2.50. The molecule has 3 rings (SSSR count). The standard InChI is InChI=1S/C15H17N3O4S/c1-15(2)11(14(21)22)18-12(20)10(13(18)23-15)17-9(19)7-8-3-5-16-6-4-8/h3-6,10-11,13H,7H2,1-2H3,(H,17,19)(H,21,22)/t10-,11+,13-/m1/s1. The van der Waals surface area contributed by atoms with Crippen LogP contribution in [0.3, 0.4) is 0 Å². The normalized spacial score (nSPS) is 28.0. The van der Waals surface area contributed by atoms with Gasteiger partial charge in [-0.2, -0.15) is 0 Å². The summed E-state index contributed by atoms with van der Waals surface area (Å²) < 4.78 is -0.587. The first-order valence-electron chi connectivity index (χ1n) is 7.22. The third kappa shape index (κ3) is 2.67. The van der Waals surface area contributed by atoms with E-state index in [0.29, 0.717) is 0 Å². The molecule has 0 unspecified atom stereocenters. The summed E-state index contributed by atoms with van der Waals surface area (Å²) in [4.78, 5) is 41.0. The van der Waals surface area contributed by atoms with E-state index in [4.69, 9.17) is 0 Å². The van der Waals surface area contributed by atoms with Crippen LogP contribution in [0.1, 0.15) is 19.4 Å². The van der Waals surface area contributed by atoms with Crippen LogP contribution in [-0.2, 0) is 20.8 Å². The van der Waals surface area contributed by atoms with Crippen molar-refractivity contribution in [2.75, 3.05) is 0 Å². The van der Waals surface area contributed by atoms with Crippen molar-refractivity contribution >= 4 is 29.5 Å². The van der Waals surface area contributed by atoms with Gasteiger partial charge in [-0.15, -0.1) is 11.8 Å². The number of nitrogens with one attached hydrogen (secondary N) is 1. The highest BCUT2D eigenvalue weighted by molar-refractivity contribution is 8.01. The minimum atomic E-state index is -1.01. The third-order valence-electron chi connectivity index (χ3n) is 4.11. The molecule has 0 spiro atoms. The fourth-order valence-electron chi connectivity index (χ4n) is 3.06. The van der Waals surface area contributed by atoms with Gasteiger partial charge in [0.25, 0.3) is 0 Å². The molecule has 23 heavy (non-hydrogen) atoms. The fraction of sp³-hybridized carbons (Fsp3) is 0.467. The maximum absolute atomic E-state index is 12.3. The van der Waals surface area contributed by atoms with E-state index in [1.54, 1.807) is 38.4 Å². The zero-order valence-corrected chi connectivity index (χ0v) is 13.5. The second kappa shape index (κ2) is 5.52. The van der Waals surface area contributed by atoms with E-state index in [9.17, 15) is 19.5 Å². The van der Waals surface area contributed by atoms with Crippen molar-refractivity contribution in [1.82, 2.24) is 15.2 Å². The molecule has 2 fully saturated rings. The number of aromatic nitrogens is 1. The lowest BCUT2D eigenvalue weighted by atomic mass is 9.96. The largest absolute Gasteiger partial charge is 0.480 e. The van der Waals surface area contributed by atoms with Gasteiger partial charge in [0.05, 0.1) is 6.42 Å². The number of carbonyl (C=O) groups is 3. The Kier molecular flexibility index (Phi) is 3.79. The van der Waals surface area contributed by atoms with Crippen molar-refractivity contribution in [2.45, 2.75) is 42.5 Å². The van der Waals surface area contributed by atoms with Crippen molar-refractivity contribution < 1.29 is 19.5 Å². The Bertz CT molecular complexity index is 664. The zero-order chi connectivity index (χ0) is 16.8. The minimum absolute atomic E-state index is 0.162. The molecule has 0 bridgehead atoms. The predicted octanol–water partition coefficient (Wildman–Crippen LogP) is 0.256. The number of hydrogen-bond acceptors (Lipinski definition) is 5. The van der Waals surface area contributed by atoms with Gasteiger partial charge in [-0.1, -0.05) is 0 Å². The molecule has 0 radical (unpaired) electrons. The molecule has 122 valence electrons. The summed E-state index contributed by atoms with van der Waals surface area (Å²) >= 11 is 1.41. The minimum Gasteiger partial charge on any atom is -0.480 e. The van der Waals surface area contributed by atoms with Crippen molar-refractivity contribution in [2.24, 2.45) is 0 Å². The van der Waals surface area contributed by atoms with E-state index in [0.717, 1.165) is 5.56 Å². The van der Waals surface area contributed by atoms with Crippen LogP contribution in [0.5, 0.6) is 0 Å². The molecule has 2 amide bonds. The van der Waals surface area contributed by atoms with Crippen LogP contribution in [0.2, 0.25) is 0 Å². The highest BCUT2D eigenvalue weighted by Gasteiger charge is 2.64. The number of carboxylic acid groups (broad SMARTS) is 1. The van der Waals surface area contributed by atoms with Crippen LogP contribution in [0, 0.1) is 0 Å². The van der Waals surface area contributed by atoms with Crippen LogP contribution in [0.15, 0.2) is 24.5 Å². The summed E-state index contributed by atoms with van der Waals surface area (Å²) in [6, 6.07) is 1.96. The number of aliphatic carboxylic acids is 1. The average molecular weight is 335 g/mol. The highest BCUT2D eigenvalue weighted by atomic mass is 32.2. The molecular formula is C15H17N3O4S. The number of fused-ring (bicyclic) bond motifs is 1. The molecule has 0 saturated carbocycles. The molecule has 3 atom stereocenters. The molecular weight excluding hydrogens is 318 g/mol. The van der Waals surface area contributed by atoms with E-state index in [2.05, 4.69) is 10.3 Å². The predicted molar refractivity (Wildman–Crippen MR) is 83.6 cm³/mol. The molecule has 7 nitrogen and oxygen atoms in total. The van der Waals surface area contributed by atoms with Gasteiger partial charge in [0.15, 0.2) is 0 Å². The number of pyridine rings is 1. The van der Waals surface area contributed by atoms with E-state index in [1.165, 1.54) is 16.7 Å². The first-order valence-corrected chi connectivity index (χ1v) is 8.10. The fourth-order valence-corrected chi connectivity index (χ4v) is 4.68. The van der Waals surface area contributed by atoms with Crippen molar-refractivity contribution in [3.05, 3.63) is 30.1 Å². The van der Waals surface area contributed by atoms with Gasteiger partial charge in [0.1, 0.15) is 17.5 Å². The number of thioether (sulfide) groups is 1. The van der Waals surface area contributed by atoms with E-state index >= 15 is 0 Å². The topological polar surface area (TPSA) is 99.6 Å². The van der Waals surface area contributed by atoms with Crippen LogP contribution in [0.25, 0.3) is 0 Å². The second-order valence-electron chi connectivity index (χ2n) is 6.18. The summed E-state index contributed by atoms with van der Waals surface area (Å²) in [5, 5.41) is 11.8. The number of rotatable bonds is 4. The van der Waals surface area contributed by atoms with E-state index in [-0.39, 0.29) is 23.6 Å². The maximum atomic E-state index is 12.3. The Labute approximate surface area is 137 Å². The van der Waals surface area contributed by atoms with Crippen molar-refractivity contribution in [3.63, 3.8) is 0 Å². The Morgan fingerprint density at radius 1 is 1.39 bits per heavy atom. The van der Waals surface area contributed by atoms with Gasteiger partial charge in [0.2, 0.25) is 11.8 Å². The lowest BCUT2D eigenvalue weighted by Gasteiger charge is -2.43. The van der Waals surface area contributed by atoms with E-state index in [1.807, 2.05) is 0 Å². The number of carbonyl (C=O) groups excluding carboxylic acids is 2. The van der Waals surface area contributed by atoms with Gasteiger partial charge in [-0.05, 0) is 31.5 Å². The van der Waals surface area contributed by atoms with Gasteiger partial charge < -0.3 is 15.3 Å². The number of carboxylic acids is 1. The quantitative estimate of drug-likeness (QED) is 0.766. The molecule has 1 aromatic heterocycles. The van der Waals surface area contributed by atoms with Crippen LogP contribution < -0.4 is 5.32 Å². The average Bonchev–Trinajstić information content (AvgIpc) is 2.74. The Balaban J connectivity index is 1.66. The first-order chi connectivity index (χ1) is 10.8. The monoisotopic (exact) mass is 335 g/mol. The second-order valence-corrected chi connectivity index (χ2v) is 7.95. The van der Waals surface area contributed by atoms with E-state index < -0.39 is 22.8 Å². The van der Waals surface area contributed by atoms with Gasteiger partial charge in [0, 0.05) is 17.1 Å². The Hall–Kier alpha value is -2.09. The van der Waals surface area contributed by atoms with Crippen LogP contribution in [-0.4, -0.2) is 55.0 Å². The van der Waals surface area contributed by atoms with Gasteiger partial charge in [-0.3, -0.25) is 14.6 Å². The van der Waals surface area contributed by atoms with Crippen molar-refractivity contribution in [1.29, 1.82) is 0 Å². The molecule has 2 saturated heterocycles. The molecule has 0 aliphatic carbocycles. The SMILES string of the molecule is CC1(C)S[C@@H]2[C@H](NC(=O)Cc3ccncc3)C(=O)N2[C@H]1C(=O)O. The molecule has 1 aromatic rings. The number of nitrogens with zero attached hydrogens (tertiary/aromatic N) is 2. The summed E-state index contributed by atoms with van der Waals surface area (Å²) in [5.41, 5.74) is 0.809. The molecule has 2 aliphatic rings. The number of hydrogen-bond donors (Lipinski definition) is 2. The molecule has 2 aliphatic heterocycles.